The number of likely N-dealkylation sites (tertiary alicyclic amines) is 1. The van der Waals surface area contributed by atoms with Crippen molar-refractivity contribution in [3.8, 4) is 0 Å². The summed E-state index contributed by atoms with van der Waals surface area (Å²) in [5.41, 5.74) is 2.11. The van der Waals surface area contributed by atoms with Gasteiger partial charge in [0, 0.05) is 17.8 Å². The number of benzene rings is 2. The molecule has 0 radical (unpaired) electrons. The summed E-state index contributed by atoms with van der Waals surface area (Å²) >= 11 is 0. The largest absolute Gasteiger partial charge is 0.326 e. The molecule has 0 spiro atoms. The summed E-state index contributed by atoms with van der Waals surface area (Å²) in [7, 11) is 0. The van der Waals surface area contributed by atoms with Crippen LogP contribution in [0.5, 0.6) is 0 Å². The van der Waals surface area contributed by atoms with Crippen LogP contribution >= 0.6 is 0 Å². The summed E-state index contributed by atoms with van der Waals surface area (Å²) in [6.07, 6.45) is 2.00. The number of rotatable bonds is 4. The number of anilines is 1. The van der Waals surface area contributed by atoms with E-state index in [0.29, 0.717) is 6.04 Å². The summed E-state index contributed by atoms with van der Waals surface area (Å²) in [4.78, 5) is 15.4. The summed E-state index contributed by atoms with van der Waals surface area (Å²) in [6.45, 7) is 5.48. The lowest BCUT2D eigenvalue weighted by Gasteiger charge is -2.43. The van der Waals surface area contributed by atoms with E-state index in [1.54, 1.807) is 0 Å². The molecule has 0 aromatic heterocycles. The fraction of sp³-hybridized carbons (Fsp3) is 0.381. The van der Waals surface area contributed by atoms with Crippen molar-refractivity contribution in [1.82, 2.24) is 4.90 Å². The first-order valence-electron chi connectivity index (χ1n) is 8.83. The van der Waals surface area contributed by atoms with Crippen LogP contribution in [0.4, 0.5) is 5.69 Å². The minimum Gasteiger partial charge on any atom is -0.326 e. The maximum atomic E-state index is 13.0. The lowest BCUT2D eigenvalue weighted by Crippen LogP contribution is -2.46. The van der Waals surface area contributed by atoms with E-state index in [1.165, 1.54) is 5.56 Å². The van der Waals surface area contributed by atoms with Crippen molar-refractivity contribution in [2.45, 2.75) is 38.8 Å². The van der Waals surface area contributed by atoms with Gasteiger partial charge in [0.05, 0.1) is 5.92 Å². The van der Waals surface area contributed by atoms with Crippen LogP contribution in [0.25, 0.3) is 0 Å². The average molecular weight is 322 g/mol. The lowest BCUT2D eigenvalue weighted by atomic mass is 9.83. The van der Waals surface area contributed by atoms with Crippen molar-refractivity contribution in [1.29, 1.82) is 0 Å². The summed E-state index contributed by atoms with van der Waals surface area (Å²) in [6, 6.07) is 20.8. The molecule has 3 nitrogen and oxygen atoms in total. The van der Waals surface area contributed by atoms with Gasteiger partial charge in [-0.1, -0.05) is 48.5 Å². The van der Waals surface area contributed by atoms with Crippen LogP contribution in [0.3, 0.4) is 0 Å². The highest BCUT2D eigenvalue weighted by atomic mass is 16.1. The lowest BCUT2D eigenvalue weighted by molar-refractivity contribution is -0.124. The van der Waals surface area contributed by atoms with Crippen molar-refractivity contribution in [2.24, 2.45) is 5.92 Å². The van der Waals surface area contributed by atoms with Gasteiger partial charge in [0.15, 0.2) is 0 Å². The standard InChI is InChI=1S/C21H26N2O/c1-16(2)23-15-9-14-19(20(23)17-10-5-3-6-11-17)21(24)22-18-12-7-4-8-13-18/h3-8,10-13,16,19-20H,9,14-15H2,1-2H3,(H,22,24). The van der Waals surface area contributed by atoms with E-state index in [4.69, 9.17) is 0 Å². The second-order valence-corrected chi connectivity index (χ2v) is 6.79. The summed E-state index contributed by atoms with van der Waals surface area (Å²) < 4.78 is 0. The zero-order valence-corrected chi connectivity index (χ0v) is 14.5. The Bertz CT molecular complexity index is 654. The molecule has 1 heterocycles. The zero-order chi connectivity index (χ0) is 16.9. The Labute approximate surface area is 144 Å². The van der Waals surface area contributed by atoms with Crippen LogP contribution in [-0.2, 0) is 4.79 Å². The molecule has 2 aromatic carbocycles. The number of hydrogen-bond donors (Lipinski definition) is 1. The van der Waals surface area contributed by atoms with Gasteiger partial charge in [-0.15, -0.1) is 0 Å². The van der Waals surface area contributed by atoms with E-state index < -0.39 is 0 Å². The van der Waals surface area contributed by atoms with Crippen molar-refractivity contribution in [3.05, 3.63) is 66.2 Å². The van der Waals surface area contributed by atoms with Gasteiger partial charge in [-0.3, -0.25) is 9.69 Å². The second kappa shape index (κ2) is 7.63. The highest BCUT2D eigenvalue weighted by molar-refractivity contribution is 5.93. The van der Waals surface area contributed by atoms with Crippen molar-refractivity contribution in [3.63, 3.8) is 0 Å². The molecule has 1 aliphatic rings. The minimum absolute atomic E-state index is 0.0243. The molecule has 2 aromatic rings. The van der Waals surface area contributed by atoms with Gasteiger partial charge in [-0.05, 0) is 50.9 Å². The molecule has 1 saturated heterocycles. The fourth-order valence-corrected chi connectivity index (χ4v) is 3.71. The van der Waals surface area contributed by atoms with E-state index in [-0.39, 0.29) is 17.9 Å². The average Bonchev–Trinajstić information content (AvgIpc) is 2.62. The number of nitrogens with zero attached hydrogens (tertiary/aromatic N) is 1. The van der Waals surface area contributed by atoms with Crippen LogP contribution < -0.4 is 5.32 Å². The Kier molecular flexibility index (Phi) is 5.31. The van der Waals surface area contributed by atoms with Gasteiger partial charge in [0.25, 0.3) is 0 Å². The molecular weight excluding hydrogens is 296 g/mol. The number of para-hydroxylation sites is 1. The van der Waals surface area contributed by atoms with Crippen molar-refractivity contribution in [2.75, 3.05) is 11.9 Å². The zero-order valence-electron chi connectivity index (χ0n) is 14.5. The SMILES string of the molecule is CC(C)N1CCCC(C(=O)Nc2ccccc2)C1c1ccccc1. The molecule has 126 valence electrons. The van der Waals surface area contributed by atoms with E-state index in [2.05, 4.69) is 48.3 Å². The number of carbonyl (C=O) groups excluding carboxylic acids is 1. The first kappa shape index (κ1) is 16.7. The predicted molar refractivity (Wildman–Crippen MR) is 98.8 cm³/mol. The van der Waals surface area contributed by atoms with E-state index >= 15 is 0 Å². The number of carbonyl (C=O) groups is 1. The first-order valence-corrected chi connectivity index (χ1v) is 8.83. The third-order valence-corrected chi connectivity index (χ3v) is 4.85. The fourth-order valence-electron chi connectivity index (χ4n) is 3.71. The van der Waals surface area contributed by atoms with Gasteiger partial charge in [-0.25, -0.2) is 0 Å². The molecule has 2 atom stereocenters. The third kappa shape index (κ3) is 3.68. The van der Waals surface area contributed by atoms with E-state index in [9.17, 15) is 4.79 Å². The smallest absolute Gasteiger partial charge is 0.229 e. The second-order valence-electron chi connectivity index (χ2n) is 6.79. The predicted octanol–water partition coefficient (Wildman–Crippen LogP) is 4.49. The normalized spacial score (nSPS) is 21.6. The molecule has 0 aliphatic carbocycles. The molecule has 1 amide bonds. The molecule has 1 aliphatic heterocycles. The van der Waals surface area contributed by atoms with Crippen LogP contribution in [0.15, 0.2) is 60.7 Å². The van der Waals surface area contributed by atoms with Gasteiger partial charge in [-0.2, -0.15) is 0 Å². The molecule has 1 fully saturated rings. The Morgan fingerprint density at radius 3 is 2.29 bits per heavy atom. The molecule has 24 heavy (non-hydrogen) atoms. The van der Waals surface area contributed by atoms with Crippen LogP contribution in [0, 0.1) is 5.92 Å². The Hall–Kier alpha value is -2.13. The molecule has 1 N–H and O–H groups in total. The molecule has 2 unspecified atom stereocenters. The maximum Gasteiger partial charge on any atom is 0.229 e. The topological polar surface area (TPSA) is 32.3 Å². The monoisotopic (exact) mass is 322 g/mol. The van der Waals surface area contributed by atoms with Crippen molar-refractivity contribution < 1.29 is 4.79 Å². The first-order chi connectivity index (χ1) is 11.7. The molecule has 3 rings (SSSR count). The van der Waals surface area contributed by atoms with Crippen LogP contribution in [0.2, 0.25) is 0 Å². The Morgan fingerprint density at radius 2 is 1.67 bits per heavy atom. The summed E-state index contributed by atoms with van der Waals surface area (Å²) in [5, 5.41) is 3.11. The minimum atomic E-state index is -0.0243. The van der Waals surface area contributed by atoms with Gasteiger partial charge < -0.3 is 5.32 Å². The van der Waals surface area contributed by atoms with E-state index in [1.807, 2.05) is 36.4 Å². The van der Waals surface area contributed by atoms with E-state index in [0.717, 1.165) is 25.1 Å². The summed E-state index contributed by atoms with van der Waals surface area (Å²) in [5.74, 6) is 0.101. The number of hydrogen-bond acceptors (Lipinski definition) is 2. The number of amides is 1. The third-order valence-electron chi connectivity index (χ3n) is 4.85. The number of nitrogens with one attached hydrogen (secondary N) is 1. The van der Waals surface area contributed by atoms with Crippen molar-refractivity contribution >= 4 is 11.6 Å². The van der Waals surface area contributed by atoms with Gasteiger partial charge >= 0.3 is 0 Å². The molecule has 0 bridgehead atoms. The highest BCUT2D eigenvalue weighted by Crippen LogP contribution is 2.38. The molecule has 3 heteroatoms. The van der Waals surface area contributed by atoms with Crippen LogP contribution in [0.1, 0.15) is 38.3 Å². The molecule has 0 saturated carbocycles. The Morgan fingerprint density at radius 1 is 1.04 bits per heavy atom. The van der Waals surface area contributed by atoms with Crippen LogP contribution in [-0.4, -0.2) is 23.4 Å². The maximum absolute atomic E-state index is 13.0. The molecular formula is C21H26N2O. The van der Waals surface area contributed by atoms with Gasteiger partial charge in [0.1, 0.15) is 0 Å². The Balaban J connectivity index is 1.87. The quantitative estimate of drug-likeness (QED) is 0.899. The highest BCUT2D eigenvalue weighted by Gasteiger charge is 2.37. The van der Waals surface area contributed by atoms with Gasteiger partial charge in [0.2, 0.25) is 5.91 Å². The number of piperidine rings is 1.